The van der Waals surface area contributed by atoms with Gasteiger partial charge in [0.15, 0.2) is 6.10 Å². The van der Waals surface area contributed by atoms with Crippen LogP contribution in [0, 0.1) is 13.8 Å². The normalized spacial score (nSPS) is 12.0. The van der Waals surface area contributed by atoms with Crippen LogP contribution in [0.1, 0.15) is 36.4 Å². The molecule has 1 aromatic carbocycles. The Morgan fingerprint density at radius 3 is 2.55 bits per heavy atom. The van der Waals surface area contributed by atoms with Gasteiger partial charge in [-0.3, -0.25) is 0 Å². The zero-order valence-electron chi connectivity index (χ0n) is 18.5. The third-order valence-electron chi connectivity index (χ3n) is 4.82. The van der Waals surface area contributed by atoms with Crippen LogP contribution >= 0.6 is 11.3 Å². The molecule has 0 aliphatic rings. The second kappa shape index (κ2) is 11.1. The number of ether oxygens (including phenoxy) is 3. The summed E-state index contributed by atoms with van der Waals surface area (Å²) in [5.41, 5.74) is 3.07. The van der Waals surface area contributed by atoms with E-state index in [1.165, 1.54) is 5.56 Å². The van der Waals surface area contributed by atoms with Gasteiger partial charge >= 0.3 is 5.97 Å². The van der Waals surface area contributed by atoms with Crippen molar-refractivity contribution in [3.8, 4) is 16.5 Å². The SMILES string of the molecule is CCOC(=O)[C@@H](Cc1ccc(OCCc2nc(-c3sccc3C)oc2C)cc1)OCC. The molecule has 0 spiro atoms. The maximum absolute atomic E-state index is 12.0. The zero-order valence-corrected chi connectivity index (χ0v) is 19.3. The van der Waals surface area contributed by atoms with Gasteiger partial charge < -0.3 is 18.6 Å². The molecule has 2 heterocycles. The number of rotatable bonds is 11. The van der Waals surface area contributed by atoms with Crippen LogP contribution in [0.3, 0.4) is 0 Å². The van der Waals surface area contributed by atoms with Gasteiger partial charge in [-0.1, -0.05) is 12.1 Å². The Morgan fingerprint density at radius 2 is 1.90 bits per heavy atom. The van der Waals surface area contributed by atoms with E-state index in [0.29, 0.717) is 38.6 Å². The number of benzene rings is 1. The summed E-state index contributed by atoms with van der Waals surface area (Å²) in [6.07, 6.45) is 0.542. The lowest BCUT2D eigenvalue weighted by Gasteiger charge is -2.15. The van der Waals surface area contributed by atoms with Crippen LogP contribution in [0.2, 0.25) is 0 Å². The molecule has 0 amide bonds. The number of hydrogen-bond acceptors (Lipinski definition) is 7. The van der Waals surface area contributed by atoms with Gasteiger partial charge in [0.2, 0.25) is 5.89 Å². The largest absolute Gasteiger partial charge is 0.493 e. The zero-order chi connectivity index (χ0) is 22.2. The van der Waals surface area contributed by atoms with Crippen molar-refractivity contribution in [1.29, 1.82) is 0 Å². The van der Waals surface area contributed by atoms with E-state index >= 15 is 0 Å². The fourth-order valence-electron chi connectivity index (χ4n) is 3.20. The van der Waals surface area contributed by atoms with Crippen LogP contribution in [0.25, 0.3) is 10.8 Å². The molecule has 31 heavy (non-hydrogen) atoms. The number of carbonyl (C=O) groups excluding carboxylic acids is 1. The van der Waals surface area contributed by atoms with Gasteiger partial charge in [0.05, 0.1) is 23.8 Å². The molecular weight excluding hydrogens is 414 g/mol. The second-order valence-electron chi connectivity index (χ2n) is 7.10. The van der Waals surface area contributed by atoms with Gasteiger partial charge in [0, 0.05) is 19.4 Å². The standard InChI is InChI=1S/C24H29NO5S/c1-5-27-21(24(26)28-6-2)15-18-7-9-19(10-8-18)29-13-11-20-17(4)30-23(25-20)22-16(3)12-14-31-22/h7-10,12,14,21H,5-6,11,13,15H2,1-4H3/t21-/m1/s1. The molecule has 6 nitrogen and oxygen atoms in total. The lowest BCUT2D eigenvalue weighted by Crippen LogP contribution is -2.28. The predicted molar refractivity (Wildman–Crippen MR) is 121 cm³/mol. The monoisotopic (exact) mass is 443 g/mol. The van der Waals surface area contributed by atoms with E-state index in [4.69, 9.17) is 18.6 Å². The summed E-state index contributed by atoms with van der Waals surface area (Å²) in [6, 6.07) is 9.76. The molecule has 0 radical (unpaired) electrons. The molecule has 0 aliphatic heterocycles. The molecule has 1 atom stereocenters. The van der Waals surface area contributed by atoms with Gasteiger partial charge in [-0.05, 0) is 62.4 Å². The third kappa shape index (κ3) is 6.18. The molecule has 3 aromatic rings. The topological polar surface area (TPSA) is 70.8 Å². The molecule has 0 unspecified atom stereocenters. The Bertz CT molecular complexity index is 976. The number of hydrogen-bond donors (Lipinski definition) is 0. The Labute approximate surface area is 187 Å². The first kappa shape index (κ1) is 23.0. The number of oxazole rings is 1. The Hall–Kier alpha value is -2.64. The minimum atomic E-state index is -0.590. The van der Waals surface area contributed by atoms with Crippen molar-refractivity contribution in [2.24, 2.45) is 0 Å². The van der Waals surface area contributed by atoms with E-state index in [1.807, 2.05) is 43.5 Å². The lowest BCUT2D eigenvalue weighted by atomic mass is 10.1. The average molecular weight is 444 g/mol. The lowest BCUT2D eigenvalue weighted by molar-refractivity contribution is -0.156. The van der Waals surface area contributed by atoms with Crippen LogP contribution in [0.5, 0.6) is 5.75 Å². The number of aryl methyl sites for hydroxylation is 2. The van der Waals surface area contributed by atoms with E-state index in [-0.39, 0.29) is 5.97 Å². The maximum Gasteiger partial charge on any atom is 0.335 e. The molecule has 0 fully saturated rings. The van der Waals surface area contributed by atoms with Crippen molar-refractivity contribution < 1.29 is 23.4 Å². The first-order chi connectivity index (χ1) is 15.0. The summed E-state index contributed by atoms with van der Waals surface area (Å²) in [7, 11) is 0. The van der Waals surface area contributed by atoms with Crippen molar-refractivity contribution >= 4 is 17.3 Å². The van der Waals surface area contributed by atoms with E-state index < -0.39 is 6.10 Å². The van der Waals surface area contributed by atoms with E-state index in [9.17, 15) is 4.79 Å². The highest BCUT2D eigenvalue weighted by atomic mass is 32.1. The average Bonchev–Trinajstić information content (AvgIpc) is 3.34. The number of nitrogens with zero attached hydrogens (tertiary/aromatic N) is 1. The van der Waals surface area contributed by atoms with E-state index in [1.54, 1.807) is 18.3 Å². The Balaban J connectivity index is 1.53. The van der Waals surface area contributed by atoms with E-state index in [0.717, 1.165) is 27.6 Å². The van der Waals surface area contributed by atoms with Gasteiger partial charge in [-0.2, -0.15) is 0 Å². The van der Waals surface area contributed by atoms with Crippen molar-refractivity contribution in [1.82, 2.24) is 4.98 Å². The first-order valence-corrected chi connectivity index (χ1v) is 11.4. The molecule has 2 aromatic heterocycles. The van der Waals surface area contributed by atoms with Gasteiger partial charge in [0.25, 0.3) is 0 Å². The van der Waals surface area contributed by atoms with Crippen molar-refractivity contribution in [2.45, 2.75) is 46.6 Å². The fraction of sp³-hybridized carbons (Fsp3) is 0.417. The highest BCUT2D eigenvalue weighted by Gasteiger charge is 2.20. The van der Waals surface area contributed by atoms with Crippen molar-refractivity contribution in [2.75, 3.05) is 19.8 Å². The van der Waals surface area contributed by atoms with Crippen LogP contribution in [0.15, 0.2) is 40.1 Å². The molecule has 0 bridgehead atoms. The summed E-state index contributed by atoms with van der Waals surface area (Å²) in [6.45, 7) is 8.94. The van der Waals surface area contributed by atoms with Gasteiger partial charge in [-0.25, -0.2) is 9.78 Å². The molecule has 7 heteroatoms. The molecule has 0 N–H and O–H groups in total. The second-order valence-corrected chi connectivity index (χ2v) is 8.01. The highest BCUT2D eigenvalue weighted by molar-refractivity contribution is 7.13. The van der Waals surface area contributed by atoms with Crippen LogP contribution in [-0.4, -0.2) is 36.9 Å². The summed E-state index contributed by atoms with van der Waals surface area (Å²) in [5, 5.41) is 2.04. The van der Waals surface area contributed by atoms with Crippen LogP contribution < -0.4 is 4.74 Å². The fourth-order valence-corrected chi connectivity index (χ4v) is 4.05. The maximum atomic E-state index is 12.0. The Morgan fingerprint density at radius 1 is 1.13 bits per heavy atom. The third-order valence-corrected chi connectivity index (χ3v) is 5.82. The minimum Gasteiger partial charge on any atom is -0.493 e. The van der Waals surface area contributed by atoms with Crippen molar-refractivity contribution in [3.63, 3.8) is 0 Å². The quantitative estimate of drug-likeness (QED) is 0.382. The number of carbonyl (C=O) groups is 1. The molecule has 0 saturated heterocycles. The summed E-state index contributed by atoms with van der Waals surface area (Å²) >= 11 is 1.63. The number of aromatic nitrogens is 1. The Kier molecular flexibility index (Phi) is 8.26. The summed E-state index contributed by atoms with van der Waals surface area (Å²) in [5.74, 6) is 1.94. The van der Waals surface area contributed by atoms with Gasteiger partial charge in [0.1, 0.15) is 11.5 Å². The van der Waals surface area contributed by atoms with E-state index in [2.05, 4.69) is 18.0 Å². The first-order valence-electron chi connectivity index (χ1n) is 10.5. The highest BCUT2D eigenvalue weighted by Crippen LogP contribution is 2.30. The van der Waals surface area contributed by atoms with Gasteiger partial charge in [-0.15, -0.1) is 11.3 Å². The summed E-state index contributed by atoms with van der Waals surface area (Å²) < 4.78 is 22.3. The van der Waals surface area contributed by atoms with Crippen molar-refractivity contribution in [3.05, 3.63) is 58.3 Å². The molecular formula is C24H29NO5S. The minimum absolute atomic E-state index is 0.329. The van der Waals surface area contributed by atoms with Crippen LogP contribution in [-0.2, 0) is 27.1 Å². The molecule has 0 saturated carbocycles. The number of thiophene rings is 1. The summed E-state index contributed by atoms with van der Waals surface area (Å²) in [4.78, 5) is 17.7. The predicted octanol–water partition coefficient (Wildman–Crippen LogP) is 5.15. The molecule has 0 aliphatic carbocycles. The molecule has 166 valence electrons. The van der Waals surface area contributed by atoms with Crippen LogP contribution in [0.4, 0.5) is 0 Å². The molecule has 3 rings (SSSR count). The smallest absolute Gasteiger partial charge is 0.335 e. The number of esters is 1.